The van der Waals surface area contributed by atoms with Crippen LogP contribution in [0.15, 0.2) is 36.5 Å². The summed E-state index contributed by atoms with van der Waals surface area (Å²) in [7, 11) is 0. The highest BCUT2D eigenvalue weighted by Gasteiger charge is 2.17. The van der Waals surface area contributed by atoms with Crippen LogP contribution >= 0.6 is 0 Å². The topological polar surface area (TPSA) is 69.6 Å². The third-order valence-electron chi connectivity index (χ3n) is 9.85. The van der Waals surface area contributed by atoms with E-state index in [4.69, 9.17) is 0 Å². The van der Waals surface area contributed by atoms with Crippen molar-refractivity contribution in [3.05, 3.63) is 36.5 Å². The normalized spacial score (nSPS) is 13.3. The van der Waals surface area contributed by atoms with E-state index in [1.54, 1.807) is 6.08 Å². The quantitative estimate of drug-likeness (QED) is 0.0445. The maximum absolute atomic E-state index is 12.4. The predicted octanol–water partition coefficient (Wildman–Crippen LogP) is 13.4. The number of rotatable bonds is 39. The fourth-order valence-corrected chi connectivity index (χ4v) is 6.48. The smallest absolute Gasteiger partial charge is 0.220 e. The maximum atomic E-state index is 12.4. The Labute approximate surface area is 306 Å². The van der Waals surface area contributed by atoms with Crippen LogP contribution in [0.2, 0.25) is 0 Å². The molecule has 0 saturated heterocycles. The largest absolute Gasteiger partial charge is 0.394 e. The molecular formula is C45H85NO3. The number of aliphatic hydroxyl groups excluding tert-OH is 2. The van der Waals surface area contributed by atoms with Crippen molar-refractivity contribution >= 4 is 5.91 Å². The third-order valence-corrected chi connectivity index (χ3v) is 9.85. The molecule has 0 aliphatic carbocycles. The van der Waals surface area contributed by atoms with Gasteiger partial charge in [-0.15, -0.1) is 0 Å². The van der Waals surface area contributed by atoms with Crippen LogP contribution in [0.4, 0.5) is 0 Å². The van der Waals surface area contributed by atoms with Crippen molar-refractivity contribution in [2.45, 2.75) is 238 Å². The summed E-state index contributed by atoms with van der Waals surface area (Å²) >= 11 is 0. The molecule has 0 aliphatic heterocycles. The fourth-order valence-electron chi connectivity index (χ4n) is 6.48. The van der Waals surface area contributed by atoms with Crippen molar-refractivity contribution in [2.75, 3.05) is 6.61 Å². The molecule has 4 heteroatoms. The highest BCUT2D eigenvalue weighted by atomic mass is 16.3. The summed E-state index contributed by atoms with van der Waals surface area (Å²) in [5, 5.41) is 23.0. The van der Waals surface area contributed by atoms with Crippen molar-refractivity contribution in [2.24, 2.45) is 0 Å². The first-order chi connectivity index (χ1) is 24.2. The first kappa shape index (κ1) is 47.6. The SMILES string of the molecule is CCCCCCCCCCC/C=C\CCCCCCCC(=O)NC(CO)C(O)/C=C/CC/C=C/CCCCCCCCCCCCCCC. The van der Waals surface area contributed by atoms with Gasteiger partial charge in [-0.2, -0.15) is 0 Å². The maximum Gasteiger partial charge on any atom is 0.220 e. The van der Waals surface area contributed by atoms with Crippen molar-refractivity contribution in [1.82, 2.24) is 5.32 Å². The molecule has 1 amide bonds. The van der Waals surface area contributed by atoms with E-state index in [9.17, 15) is 15.0 Å². The van der Waals surface area contributed by atoms with E-state index in [-0.39, 0.29) is 12.5 Å². The molecule has 0 radical (unpaired) electrons. The number of nitrogens with one attached hydrogen (secondary N) is 1. The Hall–Kier alpha value is -1.39. The minimum Gasteiger partial charge on any atom is -0.394 e. The van der Waals surface area contributed by atoms with Gasteiger partial charge in [0.05, 0.1) is 18.8 Å². The van der Waals surface area contributed by atoms with Gasteiger partial charge in [-0.1, -0.05) is 198 Å². The zero-order valence-corrected chi connectivity index (χ0v) is 33.0. The molecule has 3 N–H and O–H groups in total. The number of allylic oxidation sites excluding steroid dienone is 5. The summed E-state index contributed by atoms with van der Waals surface area (Å²) < 4.78 is 0. The van der Waals surface area contributed by atoms with Crippen LogP contribution in [0.5, 0.6) is 0 Å². The van der Waals surface area contributed by atoms with Crippen LogP contribution in [0.25, 0.3) is 0 Å². The third kappa shape index (κ3) is 37.7. The van der Waals surface area contributed by atoms with Crippen LogP contribution < -0.4 is 5.32 Å². The monoisotopic (exact) mass is 688 g/mol. The molecule has 2 unspecified atom stereocenters. The first-order valence-corrected chi connectivity index (χ1v) is 21.7. The van der Waals surface area contributed by atoms with Gasteiger partial charge in [0.15, 0.2) is 0 Å². The van der Waals surface area contributed by atoms with Crippen molar-refractivity contribution in [3.63, 3.8) is 0 Å². The standard InChI is InChI=1S/C45H85NO3/c1-3-5-7-9-11-13-15-17-19-21-23-24-26-28-30-32-34-36-38-40-44(48)43(42-47)46-45(49)41-39-37-35-33-31-29-27-25-22-20-18-16-14-12-10-8-6-4-2/h25,27,30,32,38,40,43-44,47-48H,3-24,26,28-29,31,33-37,39,41-42H2,1-2H3,(H,46,49)/b27-25-,32-30+,40-38+. The molecule has 0 fully saturated rings. The minimum absolute atomic E-state index is 0.0815. The van der Waals surface area contributed by atoms with Gasteiger partial charge in [0.2, 0.25) is 5.91 Å². The van der Waals surface area contributed by atoms with Crippen molar-refractivity contribution in [3.8, 4) is 0 Å². The van der Waals surface area contributed by atoms with E-state index in [1.165, 1.54) is 161 Å². The second kappa shape index (κ2) is 41.0. The molecule has 0 saturated carbocycles. The number of carbonyl (C=O) groups is 1. The van der Waals surface area contributed by atoms with Gasteiger partial charge in [-0.3, -0.25) is 4.79 Å². The lowest BCUT2D eigenvalue weighted by atomic mass is 10.0. The number of carbonyl (C=O) groups excluding carboxylic acids is 1. The summed E-state index contributed by atoms with van der Waals surface area (Å²) in [4.78, 5) is 12.4. The average molecular weight is 688 g/mol. The van der Waals surface area contributed by atoms with Gasteiger partial charge < -0.3 is 15.5 Å². The lowest BCUT2D eigenvalue weighted by molar-refractivity contribution is -0.123. The highest BCUT2D eigenvalue weighted by Crippen LogP contribution is 2.14. The number of aliphatic hydroxyl groups is 2. The second-order valence-corrected chi connectivity index (χ2v) is 14.8. The Morgan fingerprint density at radius 3 is 1.18 bits per heavy atom. The molecular weight excluding hydrogens is 602 g/mol. The average Bonchev–Trinajstić information content (AvgIpc) is 3.10. The Kier molecular flexibility index (Phi) is 39.9. The van der Waals surface area contributed by atoms with Crippen molar-refractivity contribution in [1.29, 1.82) is 0 Å². The van der Waals surface area contributed by atoms with Gasteiger partial charge in [-0.05, 0) is 57.8 Å². The van der Waals surface area contributed by atoms with E-state index in [1.807, 2.05) is 6.08 Å². The predicted molar refractivity (Wildman–Crippen MR) is 216 cm³/mol. The van der Waals surface area contributed by atoms with Crippen LogP contribution in [0, 0.1) is 0 Å². The van der Waals surface area contributed by atoms with E-state index < -0.39 is 12.1 Å². The molecule has 2 atom stereocenters. The summed E-state index contributed by atoms with van der Waals surface area (Å²) in [5.74, 6) is -0.0815. The molecule has 49 heavy (non-hydrogen) atoms. The van der Waals surface area contributed by atoms with Crippen LogP contribution in [-0.4, -0.2) is 34.9 Å². The number of amides is 1. The summed E-state index contributed by atoms with van der Waals surface area (Å²) in [6.07, 6.45) is 53.9. The Balaban J connectivity index is 3.63. The highest BCUT2D eigenvalue weighted by molar-refractivity contribution is 5.76. The minimum atomic E-state index is -0.864. The number of hydrogen-bond donors (Lipinski definition) is 3. The summed E-state index contributed by atoms with van der Waals surface area (Å²) in [5.41, 5.74) is 0. The summed E-state index contributed by atoms with van der Waals surface area (Å²) in [6.45, 7) is 4.30. The lowest BCUT2D eigenvalue weighted by Gasteiger charge is -2.19. The number of unbranched alkanes of at least 4 members (excludes halogenated alkanes) is 28. The summed E-state index contributed by atoms with van der Waals surface area (Å²) in [6, 6.07) is -0.642. The van der Waals surface area contributed by atoms with E-state index in [2.05, 4.69) is 43.5 Å². The second-order valence-electron chi connectivity index (χ2n) is 14.8. The van der Waals surface area contributed by atoms with E-state index >= 15 is 0 Å². The zero-order valence-electron chi connectivity index (χ0n) is 33.0. The molecule has 0 rings (SSSR count). The van der Waals surface area contributed by atoms with Gasteiger partial charge in [-0.25, -0.2) is 0 Å². The zero-order chi connectivity index (χ0) is 35.7. The molecule has 0 aromatic rings. The lowest BCUT2D eigenvalue weighted by Crippen LogP contribution is -2.45. The molecule has 0 aromatic heterocycles. The molecule has 0 aromatic carbocycles. The van der Waals surface area contributed by atoms with Gasteiger partial charge in [0.1, 0.15) is 0 Å². The molecule has 4 nitrogen and oxygen atoms in total. The Morgan fingerprint density at radius 1 is 0.469 bits per heavy atom. The van der Waals surface area contributed by atoms with Gasteiger partial charge >= 0.3 is 0 Å². The van der Waals surface area contributed by atoms with E-state index in [0.717, 1.165) is 44.9 Å². The molecule has 0 bridgehead atoms. The molecule has 288 valence electrons. The number of hydrogen-bond acceptors (Lipinski definition) is 3. The van der Waals surface area contributed by atoms with E-state index in [0.29, 0.717) is 6.42 Å². The fraction of sp³-hybridized carbons (Fsp3) is 0.844. The van der Waals surface area contributed by atoms with Crippen LogP contribution in [-0.2, 0) is 4.79 Å². The Bertz CT molecular complexity index is 746. The molecule has 0 heterocycles. The first-order valence-electron chi connectivity index (χ1n) is 21.7. The van der Waals surface area contributed by atoms with Crippen LogP contribution in [0.1, 0.15) is 226 Å². The van der Waals surface area contributed by atoms with Crippen molar-refractivity contribution < 1.29 is 15.0 Å². The van der Waals surface area contributed by atoms with Gasteiger partial charge in [0, 0.05) is 6.42 Å². The van der Waals surface area contributed by atoms with Crippen LogP contribution in [0.3, 0.4) is 0 Å². The Morgan fingerprint density at radius 2 is 0.796 bits per heavy atom. The van der Waals surface area contributed by atoms with Gasteiger partial charge in [0.25, 0.3) is 0 Å². The molecule has 0 aliphatic rings. The molecule has 0 spiro atoms.